The summed E-state index contributed by atoms with van der Waals surface area (Å²) in [5.41, 5.74) is 0.909. The zero-order chi connectivity index (χ0) is 11.2. The number of hydrogen-bond acceptors (Lipinski definition) is 4. The summed E-state index contributed by atoms with van der Waals surface area (Å²) in [6.45, 7) is 1.47. The van der Waals surface area contributed by atoms with E-state index in [4.69, 9.17) is 0 Å². The fourth-order valence-corrected chi connectivity index (χ4v) is 1.83. The van der Waals surface area contributed by atoms with Crippen molar-refractivity contribution >= 4 is 5.91 Å². The van der Waals surface area contributed by atoms with E-state index in [9.17, 15) is 4.79 Å². The van der Waals surface area contributed by atoms with E-state index >= 15 is 0 Å². The predicted molar refractivity (Wildman–Crippen MR) is 59.5 cm³/mol. The lowest BCUT2D eigenvalue weighted by Crippen LogP contribution is -2.32. The van der Waals surface area contributed by atoms with E-state index in [0.717, 1.165) is 25.1 Å². The molecule has 2 heterocycles. The van der Waals surface area contributed by atoms with E-state index in [1.54, 1.807) is 6.20 Å². The van der Waals surface area contributed by atoms with Gasteiger partial charge in [-0.15, -0.1) is 0 Å². The van der Waals surface area contributed by atoms with Crippen LogP contribution in [0, 0.1) is 0 Å². The highest BCUT2D eigenvalue weighted by molar-refractivity contribution is 5.76. The zero-order valence-corrected chi connectivity index (χ0v) is 9.15. The minimum absolute atomic E-state index is 0.133. The van der Waals surface area contributed by atoms with Crippen molar-refractivity contribution in [3.05, 3.63) is 24.0 Å². The van der Waals surface area contributed by atoms with Crippen LogP contribution in [0.3, 0.4) is 0 Å². The summed E-state index contributed by atoms with van der Waals surface area (Å²) >= 11 is 0. The van der Waals surface area contributed by atoms with Crippen LogP contribution >= 0.6 is 0 Å². The minimum Gasteiger partial charge on any atom is -0.356 e. The summed E-state index contributed by atoms with van der Waals surface area (Å²) in [5, 5.41) is 14.0. The van der Waals surface area contributed by atoms with E-state index in [1.165, 1.54) is 0 Å². The largest absolute Gasteiger partial charge is 0.356 e. The summed E-state index contributed by atoms with van der Waals surface area (Å²) in [5.74, 6) is 0.133. The minimum atomic E-state index is 0.133. The first kappa shape index (κ1) is 11.0. The lowest BCUT2D eigenvalue weighted by Gasteiger charge is -2.14. The molecule has 1 saturated heterocycles. The average molecular weight is 220 g/mol. The van der Waals surface area contributed by atoms with E-state index in [-0.39, 0.29) is 11.9 Å². The molecule has 1 atom stereocenters. The summed E-state index contributed by atoms with van der Waals surface area (Å²) < 4.78 is 0. The maximum atomic E-state index is 11.3. The molecule has 1 aromatic rings. The molecular weight excluding hydrogens is 204 g/mol. The topological polar surface area (TPSA) is 66.9 Å². The maximum absolute atomic E-state index is 11.3. The lowest BCUT2D eigenvalue weighted by molar-refractivity contribution is -0.121. The Bertz CT molecular complexity index is 341. The maximum Gasteiger partial charge on any atom is 0.221 e. The first-order valence-corrected chi connectivity index (χ1v) is 5.61. The molecule has 0 aliphatic carbocycles. The molecule has 0 aromatic carbocycles. The Morgan fingerprint density at radius 2 is 2.50 bits per heavy atom. The molecule has 16 heavy (non-hydrogen) atoms. The first-order chi connectivity index (χ1) is 7.84. The highest BCUT2D eigenvalue weighted by atomic mass is 16.1. The molecule has 0 spiro atoms. The number of aromatic nitrogens is 2. The standard InChI is InChI=1S/C11H16N4O/c16-11-7-9(3-1-5-12-11)13-8-10-4-2-6-14-15-10/h2,4,6,9,13H,1,3,5,7-8H2,(H,12,16). The van der Waals surface area contributed by atoms with Crippen molar-refractivity contribution in [2.45, 2.75) is 31.8 Å². The van der Waals surface area contributed by atoms with Crippen molar-refractivity contribution in [1.82, 2.24) is 20.8 Å². The van der Waals surface area contributed by atoms with Crippen LogP contribution in [0.4, 0.5) is 0 Å². The van der Waals surface area contributed by atoms with Crippen LogP contribution in [0.5, 0.6) is 0 Å². The van der Waals surface area contributed by atoms with Gasteiger partial charge in [0.2, 0.25) is 5.91 Å². The molecule has 86 valence electrons. The Morgan fingerprint density at radius 3 is 3.31 bits per heavy atom. The van der Waals surface area contributed by atoms with Gasteiger partial charge in [0.1, 0.15) is 0 Å². The predicted octanol–water partition coefficient (Wildman–Crippen LogP) is 0.235. The molecule has 1 unspecified atom stereocenters. The van der Waals surface area contributed by atoms with Gasteiger partial charge in [0, 0.05) is 31.7 Å². The van der Waals surface area contributed by atoms with Crippen molar-refractivity contribution in [1.29, 1.82) is 0 Å². The summed E-state index contributed by atoms with van der Waals surface area (Å²) in [4.78, 5) is 11.3. The monoisotopic (exact) mass is 220 g/mol. The average Bonchev–Trinajstić information content (AvgIpc) is 2.52. The Balaban J connectivity index is 1.83. The van der Waals surface area contributed by atoms with Crippen LogP contribution in [0.15, 0.2) is 18.3 Å². The Morgan fingerprint density at radius 1 is 1.56 bits per heavy atom. The Kier molecular flexibility index (Phi) is 3.82. The molecule has 2 rings (SSSR count). The first-order valence-electron chi connectivity index (χ1n) is 5.61. The van der Waals surface area contributed by atoms with E-state index in [1.807, 2.05) is 12.1 Å². The molecule has 1 amide bonds. The van der Waals surface area contributed by atoms with Crippen molar-refractivity contribution < 1.29 is 4.79 Å². The van der Waals surface area contributed by atoms with Gasteiger partial charge in [0.15, 0.2) is 0 Å². The molecule has 0 bridgehead atoms. The van der Waals surface area contributed by atoms with E-state index < -0.39 is 0 Å². The number of amides is 1. The Labute approximate surface area is 94.6 Å². The fourth-order valence-electron chi connectivity index (χ4n) is 1.83. The van der Waals surface area contributed by atoms with Crippen molar-refractivity contribution in [2.24, 2.45) is 0 Å². The second kappa shape index (κ2) is 5.55. The summed E-state index contributed by atoms with van der Waals surface area (Å²) in [6, 6.07) is 4.05. The van der Waals surface area contributed by atoms with Crippen LogP contribution in [-0.2, 0) is 11.3 Å². The van der Waals surface area contributed by atoms with Crippen molar-refractivity contribution in [3.8, 4) is 0 Å². The molecule has 0 saturated carbocycles. The molecule has 5 heteroatoms. The van der Waals surface area contributed by atoms with Gasteiger partial charge in [-0.2, -0.15) is 10.2 Å². The third-order valence-electron chi connectivity index (χ3n) is 2.68. The van der Waals surface area contributed by atoms with Gasteiger partial charge in [0.05, 0.1) is 5.69 Å². The second-order valence-corrected chi connectivity index (χ2v) is 3.99. The van der Waals surface area contributed by atoms with Gasteiger partial charge in [-0.1, -0.05) is 0 Å². The third-order valence-corrected chi connectivity index (χ3v) is 2.68. The van der Waals surface area contributed by atoms with Crippen LogP contribution in [-0.4, -0.2) is 28.7 Å². The SMILES string of the molecule is O=C1CC(NCc2cccnn2)CCCN1. The van der Waals surface area contributed by atoms with Crippen LogP contribution in [0.1, 0.15) is 25.0 Å². The highest BCUT2D eigenvalue weighted by Crippen LogP contribution is 2.06. The molecule has 1 aliphatic heterocycles. The molecule has 1 fully saturated rings. The smallest absolute Gasteiger partial charge is 0.221 e. The van der Waals surface area contributed by atoms with Crippen molar-refractivity contribution in [2.75, 3.05) is 6.54 Å². The van der Waals surface area contributed by atoms with Gasteiger partial charge < -0.3 is 10.6 Å². The third kappa shape index (κ3) is 3.27. The molecule has 1 aromatic heterocycles. The molecule has 0 radical (unpaired) electrons. The lowest BCUT2D eigenvalue weighted by atomic mass is 10.1. The summed E-state index contributed by atoms with van der Waals surface area (Å²) in [7, 11) is 0. The summed E-state index contributed by atoms with van der Waals surface area (Å²) in [6.07, 6.45) is 4.27. The zero-order valence-electron chi connectivity index (χ0n) is 9.15. The van der Waals surface area contributed by atoms with Crippen LogP contribution in [0.25, 0.3) is 0 Å². The van der Waals surface area contributed by atoms with E-state index in [2.05, 4.69) is 20.8 Å². The van der Waals surface area contributed by atoms with E-state index in [0.29, 0.717) is 13.0 Å². The van der Waals surface area contributed by atoms with Gasteiger partial charge in [0.25, 0.3) is 0 Å². The number of nitrogens with one attached hydrogen (secondary N) is 2. The second-order valence-electron chi connectivity index (χ2n) is 3.99. The number of nitrogens with zero attached hydrogens (tertiary/aromatic N) is 2. The number of carbonyl (C=O) groups excluding carboxylic acids is 1. The number of carbonyl (C=O) groups is 1. The van der Waals surface area contributed by atoms with Gasteiger partial charge in [-0.3, -0.25) is 4.79 Å². The van der Waals surface area contributed by atoms with Crippen LogP contribution in [0.2, 0.25) is 0 Å². The number of rotatable bonds is 3. The quantitative estimate of drug-likeness (QED) is 0.765. The van der Waals surface area contributed by atoms with Crippen LogP contribution < -0.4 is 10.6 Å². The fraction of sp³-hybridized carbons (Fsp3) is 0.545. The van der Waals surface area contributed by atoms with Crippen molar-refractivity contribution in [3.63, 3.8) is 0 Å². The normalized spacial score (nSPS) is 21.2. The van der Waals surface area contributed by atoms with Gasteiger partial charge in [-0.05, 0) is 25.0 Å². The molecular formula is C11H16N4O. The molecule has 5 nitrogen and oxygen atoms in total. The number of hydrogen-bond donors (Lipinski definition) is 2. The Hall–Kier alpha value is -1.49. The molecule has 2 N–H and O–H groups in total. The van der Waals surface area contributed by atoms with Gasteiger partial charge in [-0.25, -0.2) is 0 Å². The molecule has 1 aliphatic rings. The highest BCUT2D eigenvalue weighted by Gasteiger charge is 2.16. The van der Waals surface area contributed by atoms with Gasteiger partial charge >= 0.3 is 0 Å².